The molecule has 0 radical (unpaired) electrons. The van der Waals surface area contributed by atoms with Gasteiger partial charge in [-0.2, -0.15) is 0 Å². The van der Waals surface area contributed by atoms with Crippen molar-refractivity contribution in [3.8, 4) is 0 Å². The summed E-state index contributed by atoms with van der Waals surface area (Å²) in [6, 6.07) is 8.09. The molecule has 0 spiro atoms. The van der Waals surface area contributed by atoms with Crippen LogP contribution in [0.25, 0.3) is 0 Å². The van der Waals surface area contributed by atoms with Crippen LogP contribution in [-0.2, 0) is 16.0 Å². The highest BCUT2D eigenvalue weighted by molar-refractivity contribution is 5.89. The van der Waals surface area contributed by atoms with E-state index in [9.17, 15) is 9.59 Å². The lowest BCUT2D eigenvalue weighted by molar-refractivity contribution is -0.140. The first kappa shape index (κ1) is 13.6. The minimum atomic E-state index is -0.869. The van der Waals surface area contributed by atoms with E-state index in [0.717, 1.165) is 6.42 Å². The van der Waals surface area contributed by atoms with Crippen LogP contribution in [0.1, 0.15) is 24.5 Å². The summed E-state index contributed by atoms with van der Waals surface area (Å²) < 4.78 is 0. The summed E-state index contributed by atoms with van der Waals surface area (Å²) in [6.45, 7) is 3.99. The van der Waals surface area contributed by atoms with Crippen LogP contribution in [0.15, 0.2) is 24.3 Å². The minimum absolute atomic E-state index is 0.0173. The molecular weight excluding hydrogens is 242 g/mol. The van der Waals surface area contributed by atoms with Crippen LogP contribution < -0.4 is 5.32 Å². The molecule has 102 valence electrons. The smallest absolute Gasteiger partial charge is 0.307 e. The van der Waals surface area contributed by atoms with Crippen LogP contribution in [0.4, 0.5) is 0 Å². The Hall–Kier alpha value is -1.84. The molecule has 4 nitrogen and oxygen atoms in total. The van der Waals surface area contributed by atoms with E-state index in [0.29, 0.717) is 6.42 Å². The minimum Gasteiger partial charge on any atom is -0.481 e. The molecule has 1 aromatic rings. The van der Waals surface area contributed by atoms with Crippen molar-refractivity contribution in [3.63, 3.8) is 0 Å². The Labute approximate surface area is 112 Å². The van der Waals surface area contributed by atoms with Gasteiger partial charge in [0.1, 0.15) is 0 Å². The molecule has 1 fully saturated rings. The van der Waals surface area contributed by atoms with Crippen molar-refractivity contribution in [2.45, 2.75) is 32.7 Å². The zero-order valence-corrected chi connectivity index (χ0v) is 11.2. The Bertz CT molecular complexity index is 498. The Balaban J connectivity index is 1.85. The molecule has 4 heteroatoms. The van der Waals surface area contributed by atoms with Gasteiger partial charge < -0.3 is 10.4 Å². The van der Waals surface area contributed by atoms with E-state index in [1.54, 1.807) is 0 Å². The number of aliphatic carboxylic acids is 1. The summed E-state index contributed by atoms with van der Waals surface area (Å²) >= 11 is 0. The topological polar surface area (TPSA) is 66.4 Å². The van der Waals surface area contributed by atoms with Gasteiger partial charge in [0.2, 0.25) is 5.91 Å². The second-order valence-electron chi connectivity index (χ2n) is 5.33. The number of amides is 1. The fourth-order valence-electron chi connectivity index (χ4n) is 2.33. The number of carbonyl (C=O) groups is 2. The van der Waals surface area contributed by atoms with Gasteiger partial charge in [-0.15, -0.1) is 0 Å². The number of rotatable bonds is 5. The fourth-order valence-corrected chi connectivity index (χ4v) is 2.33. The molecule has 0 bridgehead atoms. The molecule has 0 aliphatic heterocycles. The van der Waals surface area contributed by atoms with E-state index in [4.69, 9.17) is 5.11 Å². The van der Waals surface area contributed by atoms with E-state index < -0.39 is 11.9 Å². The third-order valence-electron chi connectivity index (χ3n) is 3.62. The highest BCUT2D eigenvalue weighted by atomic mass is 16.4. The number of carboxylic acid groups (broad SMARTS) is 1. The summed E-state index contributed by atoms with van der Waals surface area (Å²) in [5.41, 5.74) is 2.42. The average Bonchev–Trinajstić information content (AvgIpc) is 3.12. The van der Waals surface area contributed by atoms with Gasteiger partial charge in [0.25, 0.3) is 0 Å². The molecule has 1 amide bonds. The van der Waals surface area contributed by atoms with E-state index >= 15 is 0 Å². The zero-order chi connectivity index (χ0) is 14.0. The molecule has 1 unspecified atom stereocenters. The first-order valence-electron chi connectivity index (χ1n) is 6.56. The van der Waals surface area contributed by atoms with Gasteiger partial charge in [0, 0.05) is 6.04 Å². The van der Waals surface area contributed by atoms with Gasteiger partial charge >= 0.3 is 5.97 Å². The first-order valence-corrected chi connectivity index (χ1v) is 6.56. The highest BCUT2D eigenvalue weighted by Gasteiger charge is 2.48. The van der Waals surface area contributed by atoms with Gasteiger partial charge in [-0.1, -0.05) is 24.3 Å². The Morgan fingerprint density at radius 3 is 2.63 bits per heavy atom. The lowest BCUT2D eigenvalue weighted by atomic mass is 10.0. The Kier molecular flexibility index (Phi) is 3.88. The van der Waals surface area contributed by atoms with Crippen molar-refractivity contribution in [3.05, 3.63) is 35.4 Å². The summed E-state index contributed by atoms with van der Waals surface area (Å²) in [5.74, 6) is -1.82. The predicted molar refractivity (Wildman–Crippen MR) is 71.7 cm³/mol. The lowest BCUT2D eigenvalue weighted by Gasteiger charge is -2.15. The maximum absolute atomic E-state index is 11.8. The van der Waals surface area contributed by atoms with E-state index in [2.05, 4.69) is 11.4 Å². The Morgan fingerprint density at radius 1 is 1.37 bits per heavy atom. The molecule has 0 saturated heterocycles. The number of nitrogens with one attached hydrogen (secondary N) is 1. The van der Waals surface area contributed by atoms with Gasteiger partial charge in [-0.3, -0.25) is 9.59 Å². The second kappa shape index (κ2) is 5.43. The monoisotopic (exact) mass is 261 g/mol. The molecule has 1 aromatic carbocycles. The van der Waals surface area contributed by atoms with Crippen molar-refractivity contribution >= 4 is 11.9 Å². The molecule has 0 heterocycles. The number of hydrogen-bond donors (Lipinski definition) is 2. The molecule has 0 aromatic heterocycles. The first-order chi connectivity index (χ1) is 8.99. The SMILES string of the molecule is Cc1ccccc1CC(C)NC(=O)[C@@H]1C[C@@H]1C(=O)O. The highest BCUT2D eigenvalue weighted by Crippen LogP contribution is 2.38. The van der Waals surface area contributed by atoms with Crippen LogP contribution in [-0.4, -0.2) is 23.0 Å². The van der Waals surface area contributed by atoms with Crippen molar-refractivity contribution in [1.29, 1.82) is 0 Å². The van der Waals surface area contributed by atoms with Gasteiger partial charge in [0.15, 0.2) is 0 Å². The van der Waals surface area contributed by atoms with Gasteiger partial charge in [-0.05, 0) is 37.8 Å². The second-order valence-corrected chi connectivity index (χ2v) is 5.33. The molecular formula is C15H19NO3. The lowest BCUT2D eigenvalue weighted by Crippen LogP contribution is -2.36. The van der Waals surface area contributed by atoms with Crippen LogP contribution in [0.2, 0.25) is 0 Å². The summed E-state index contributed by atoms with van der Waals surface area (Å²) in [4.78, 5) is 22.5. The summed E-state index contributed by atoms with van der Waals surface area (Å²) in [7, 11) is 0. The quantitative estimate of drug-likeness (QED) is 0.848. The summed E-state index contributed by atoms with van der Waals surface area (Å²) in [6.07, 6.45) is 1.24. The number of benzene rings is 1. The number of carbonyl (C=O) groups excluding carboxylic acids is 1. The standard InChI is InChI=1S/C15H19NO3/c1-9-5-3-4-6-11(9)7-10(2)16-14(17)12-8-13(12)15(18)19/h3-6,10,12-13H,7-8H2,1-2H3,(H,16,17)(H,18,19)/t10?,12-,13+/m1/s1. The zero-order valence-electron chi connectivity index (χ0n) is 11.2. The van der Waals surface area contributed by atoms with Crippen LogP contribution in [0.5, 0.6) is 0 Å². The van der Waals surface area contributed by atoms with E-state index in [1.807, 2.05) is 32.0 Å². The maximum atomic E-state index is 11.8. The molecule has 1 aliphatic rings. The largest absolute Gasteiger partial charge is 0.481 e. The third kappa shape index (κ3) is 3.34. The number of carboxylic acids is 1. The third-order valence-corrected chi connectivity index (χ3v) is 3.62. The van der Waals surface area contributed by atoms with Crippen molar-refractivity contribution in [2.24, 2.45) is 11.8 Å². The van der Waals surface area contributed by atoms with Crippen molar-refractivity contribution in [2.75, 3.05) is 0 Å². The van der Waals surface area contributed by atoms with Crippen LogP contribution in [0, 0.1) is 18.8 Å². The molecule has 19 heavy (non-hydrogen) atoms. The number of aryl methyl sites for hydroxylation is 1. The average molecular weight is 261 g/mol. The maximum Gasteiger partial charge on any atom is 0.307 e. The van der Waals surface area contributed by atoms with Crippen molar-refractivity contribution < 1.29 is 14.7 Å². The molecule has 2 rings (SSSR count). The van der Waals surface area contributed by atoms with Crippen LogP contribution in [0.3, 0.4) is 0 Å². The van der Waals surface area contributed by atoms with Crippen LogP contribution >= 0.6 is 0 Å². The molecule has 2 N–H and O–H groups in total. The summed E-state index contributed by atoms with van der Waals surface area (Å²) in [5, 5.41) is 11.7. The van der Waals surface area contributed by atoms with Gasteiger partial charge in [-0.25, -0.2) is 0 Å². The van der Waals surface area contributed by atoms with Crippen molar-refractivity contribution in [1.82, 2.24) is 5.32 Å². The molecule has 1 aliphatic carbocycles. The van der Waals surface area contributed by atoms with E-state index in [-0.39, 0.29) is 17.9 Å². The normalized spacial score (nSPS) is 22.6. The molecule has 3 atom stereocenters. The Morgan fingerprint density at radius 2 is 2.05 bits per heavy atom. The van der Waals surface area contributed by atoms with Gasteiger partial charge in [0.05, 0.1) is 11.8 Å². The number of hydrogen-bond acceptors (Lipinski definition) is 2. The van der Waals surface area contributed by atoms with E-state index in [1.165, 1.54) is 11.1 Å². The fraction of sp³-hybridized carbons (Fsp3) is 0.467. The molecule has 1 saturated carbocycles. The predicted octanol–water partition coefficient (Wildman–Crippen LogP) is 1.76.